The van der Waals surface area contributed by atoms with Crippen LogP contribution >= 0.6 is 11.8 Å². The monoisotopic (exact) mass is 497 g/mol. The van der Waals surface area contributed by atoms with Gasteiger partial charge >= 0.3 is 0 Å². The van der Waals surface area contributed by atoms with Crippen LogP contribution in [-0.2, 0) is 14.3 Å². The van der Waals surface area contributed by atoms with Crippen LogP contribution in [-0.4, -0.2) is 68.5 Å². The molecule has 3 amide bonds. The Morgan fingerprint density at radius 2 is 1.91 bits per heavy atom. The van der Waals surface area contributed by atoms with Crippen LogP contribution in [0.3, 0.4) is 0 Å². The Hall–Kier alpha value is -3.50. The predicted octanol–water partition coefficient (Wildman–Crippen LogP) is 3.61. The van der Waals surface area contributed by atoms with Crippen LogP contribution in [0.4, 0.5) is 16.2 Å². The minimum atomic E-state index is -0.510. The van der Waals surface area contributed by atoms with Gasteiger partial charge in [0, 0.05) is 13.1 Å². The normalized spacial score (nSPS) is 17.1. The number of nitrogens with one attached hydrogen (secondary N) is 1. The van der Waals surface area contributed by atoms with Gasteiger partial charge in [-0.3, -0.25) is 19.3 Å². The van der Waals surface area contributed by atoms with E-state index in [1.165, 1.54) is 7.11 Å². The molecule has 10 heteroatoms. The van der Waals surface area contributed by atoms with Crippen molar-refractivity contribution in [2.24, 2.45) is 0 Å². The Kier molecular flexibility index (Phi) is 7.94. The van der Waals surface area contributed by atoms with Crippen LogP contribution in [0.2, 0.25) is 0 Å². The molecule has 35 heavy (non-hydrogen) atoms. The highest BCUT2D eigenvalue weighted by Gasteiger charge is 2.36. The molecule has 2 aromatic carbocycles. The number of imide groups is 1. The van der Waals surface area contributed by atoms with Gasteiger partial charge in [-0.05, 0) is 54.6 Å². The third-order valence-corrected chi connectivity index (χ3v) is 6.40. The molecule has 0 aromatic heterocycles. The number of anilines is 2. The Bertz CT molecular complexity index is 1150. The summed E-state index contributed by atoms with van der Waals surface area (Å²) < 4.78 is 16.3. The fourth-order valence-electron chi connectivity index (χ4n) is 3.83. The second-order valence-electron chi connectivity index (χ2n) is 7.78. The van der Waals surface area contributed by atoms with Gasteiger partial charge in [0.15, 0.2) is 11.5 Å². The Balaban J connectivity index is 1.44. The van der Waals surface area contributed by atoms with E-state index >= 15 is 0 Å². The highest BCUT2D eigenvalue weighted by Crippen LogP contribution is 2.35. The largest absolute Gasteiger partial charge is 0.493 e. The molecule has 2 fully saturated rings. The van der Waals surface area contributed by atoms with Gasteiger partial charge < -0.3 is 24.4 Å². The first-order chi connectivity index (χ1) is 17.0. The summed E-state index contributed by atoms with van der Waals surface area (Å²) in [5.41, 5.74) is 2.19. The number of hydrogen-bond acceptors (Lipinski definition) is 8. The van der Waals surface area contributed by atoms with Crippen LogP contribution in [0, 0.1) is 0 Å². The van der Waals surface area contributed by atoms with Gasteiger partial charge in [-0.25, -0.2) is 0 Å². The molecule has 4 rings (SSSR count). The topological polar surface area (TPSA) is 97.4 Å². The molecule has 0 spiro atoms. The third-order valence-electron chi connectivity index (χ3n) is 5.49. The van der Waals surface area contributed by atoms with Crippen LogP contribution < -0.4 is 19.7 Å². The third kappa shape index (κ3) is 5.77. The quantitative estimate of drug-likeness (QED) is 0.553. The molecule has 2 heterocycles. The molecule has 2 saturated heterocycles. The molecule has 9 nitrogen and oxygen atoms in total. The Morgan fingerprint density at radius 3 is 2.66 bits per heavy atom. The lowest BCUT2D eigenvalue weighted by atomic mass is 10.2. The number of benzene rings is 2. The first-order valence-electron chi connectivity index (χ1n) is 11.3. The summed E-state index contributed by atoms with van der Waals surface area (Å²) in [6.45, 7) is 4.67. The van der Waals surface area contributed by atoms with E-state index < -0.39 is 17.1 Å². The van der Waals surface area contributed by atoms with Crippen molar-refractivity contribution in [3.05, 3.63) is 52.9 Å². The van der Waals surface area contributed by atoms with Gasteiger partial charge in [0.2, 0.25) is 5.91 Å². The number of para-hydroxylation sites is 2. The molecule has 0 bridgehead atoms. The lowest BCUT2D eigenvalue weighted by molar-refractivity contribution is -0.127. The smallest absolute Gasteiger partial charge is 0.294 e. The number of methoxy groups -OCH3 is 1. The molecule has 0 saturated carbocycles. The van der Waals surface area contributed by atoms with E-state index in [9.17, 15) is 14.4 Å². The summed E-state index contributed by atoms with van der Waals surface area (Å²) in [6.07, 6.45) is 1.61. The maximum absolute atomic E-state index is 12.9. The van der Waals surface area contributed by atoms with Crippen molar-refractivity contribution in [1.82, 2.24) is 4.90 Å². The first-order valence-corrected chi connectivity index (χ1v) is 12.1. The number of morpholine rings is 1. The minimum absolute atomic E-state index is 0.239. The van der Waals surface area contributed by atoms with Crippen LogP contribution in [0.15, 0.2) is 47.4 Å². The van der Waals surface area contributed by atoms with E-state index in [1.54, 1.807) is 30.3 Å². The van der Waals surface area contributed by atoms with Gasteiger partial charge in [-0.2, -0.15) is 0 Å². The summed E-state index contributed by atoms with van der Waals surface area (Å²) in [6, 6.07) is 12.7. The molecular formula is C25H27N3O6S. The summed E-state index contributed by atoms with van der Waals surface area (Å²) in [4.78, 5) is 41.5. The van der Waals surface area contributed by atoms with E-state index in [0.29, 0.717) is 42.6 Å². The number of thioether (sulfide) groups is 1. The maximum Gasteiger partial charge on any atom is 0.294 e. The number of carbonyl (C=O) groups excluding carboxylic acids is 3. The van der Waals surface area contributed by atoms with Crippen LogP contribution in [0.1, 0.15) is 12.5 Å². The molecule has 2 aliphatic rings. The van der Waals surface area contributed by atoms with Gasteiger partial charge in [-0.15, -0.1) is 0 Å². The summed E-state index contributed by atoms with van der Waals surface area (Å²) in [5.74, 6) is 0.161. The zero-order valence-electron chi connectivity index (χ0n) is 19.6. The lowest BCUT2D eigenvalue weighted by Crippen LogP contribution is -2.38. The Labute approximate surface area is 208 Å². The van der Waals surface area contributed by atoms with Crippen LogP contribution in [0.5, 0.6) is 11.5 Å². The fourth-order valence-corrected chi connectivity index (χ4v) is 4.67. The van der Waals surface area contributed by atoms with Crippen molar-refractivity contribution >= 4 is 46.3 Å². The average Bonchev–Trinajstić information content (AvgIpc) is 3.13. The van der Waals surface area contributed by atoms with Gasteiger partial charge in [0.1, 0.15) is 6.54 Å². The van der Waals surface area contributed by atoms with Crippen molar-refractivity contribution in [1.29, 1.82) is 0 Å². The lowest BCUT2D eigenvalue weighted by Gasteiger charge is -2.30. The predicted molar refractivity (Wildman–Crippen MR) is 135 cm³/mol. The SMILES string of the molecule is CCOc1ccc(/C=C2/SC(=O)N(CC(=O)Nc3ccccc3N3CCOCC3)C2=O)cc1OC. The second-order valence-corrected chi connectivity index (χ2v) is 8.77. The summed E-state index contributed by atoms with van der Waals surface area (Å²) in [5, 5.41) is 2.36. The second kappa shape index (κ2) is 11.3. The number of rotatable bonds is 8. The van der Waals surface area contributed by atoms with Crippen LogP contribution in [0.25, 0.3) is 6.08 Å². The zero-order valence-corrected chi connectivity index (χ0v) is 20.4. The summed E-state index contributed by atoms with van der Waals surface area (Å²) >= 11 is 0.803. The highest BCUT2D eigenvalue weighted by molar-refractivity contribution is 8.18. The Morgan fingerprint density at radius 1 is 1.14 bits per heavy atom. The number of hydrogen-bond donors (Lipinski definition) is 1. The fraction of sp³-hybridized carbons (Fsp3) is 0.320. The number of ether oxygens (including phenoxy) is 3. The van der Waals surface area contributed by atoms with E-state index in [-0.39, 0.29) is 11.4 Å². The van der Waals surface area contributed by atoms with E-state index in [2.05, 4.69) is 10.2 Å². The first kappa shape index (κ1) is 24.6. The molecule has 0 atom stereocenters. The maximum atomic E-state index is 12.9. The molecule has 1 N–H and O–H groups in total. The highest BCUT2D eigenvalue weighted by atomic mass is 32.2. The van der Waals surface area contributed by atoms with E-state index in [1.807, 2.05) is 25.1 Å². The average molecular weight is 498 g/mol. The molecule has 0 aliphatic carbocycles. The molecule has 0 radical (unpaired) electrons. The van der Waals surface area contributed by atoms with Crippen molar-refractivity contribution in [2.75, 3.05) is 56.8 Å². The van der Waals surface area contributed by atoms with Crippen molar-refractivity contribution in [2.45, 2.75) is 6.92 Å². The van der Waals surface area contributed by atoms with E-state index in [4.69, 9.17) is 14.2 Å². The minimum Gasteiger partial charge on any atom is -0.493 e. The molecule has 184 valence electrons. The van der Waals surface area contributed by atoms with Gasteiger partial charge in [-0.1, -0.05) is 18.2 Å². The number of carbonyl (C=O) groups is 3. The number of amides is 3. The molecule has 2 aromatic rings. The zero-order chi connectivity index (χ0) is 24.8. The van der Waals surface area contributed by atoms with Crippen molar-refractivity contribution < 1.29 is 28.6 Å². The molecular weight excluding hydrogens is 470 g/mol. The molecule has 2 aliphatic heterocycles. The van der Waals surface area contributed by atoms with Gasteiger partial charge in [0.25, 0.3) is 11.1 Å². The van der Waals surface area contributed by atoms with E-state index in [0.717, 1.165) is 35.4 Å². The number of nitrogens with zero attached hydrogens (tertiary/aromatic N) is 2. The summed E-state index contributed by atoms with van der Waals surface area (Å²) in [7, 11) is 1.53. The van der Waals surface area contributed by atoms with Crippen molar-refractivity contribution in [3.8, 4) is 11.5 Å². The van der Waals surface area contributed by atoms with Gasteiger partial charge in [0.05, 0.1) is 43.2 Å². The standard InChI is InChI=1S/C25H27N3O6S/c1-3-34-20-9-8-17(14-21(20)32-2)15-22-24(30)28(25(31)35-22)16-23(29)26-18-6-4-5-7-19(18)27-10-12-33-13-11-27/h4-9,14-15H,3,10-13,16H2,1-2H3,(H,26,29)/b22-15+. The molecule has 0 unspecified atom stereocenters. The van der Waals surface area contributed by atoms with Crippen molar-refractivity contribution in [3.63, 3.8) is 0 Å².